The normalized spacial score (nSPS) is 10.7. The van der Waals surface area contributed by atoms with Crippen LogP contribution in [0.2, 0.25) is 0 Å². The van der Waals surface area contributed by atoms with Crippen molar-refractivity contribution in [3.05, 3.63) is 53.6 Å². The number of rotatable bonds is 6. The van der Waals surface area contributed by atoms with E-state index in [4.69, 9.17) is 19.5 Å². The van der Waals surface area contributed by atoms with Crippen LogP contribution in [-0.4, -0.2) is 18.2 Å². The van der Waals surface area contributed by atoms with Crippen molar-refractivity contribution in [2.75, 3.05) is 6.61 Å². The lowest BCUT2D eigenvalue weighted by Crippen LogP contribution is -2.39. The Bertz CT molecular complexity index is 806. The smallest absolute Gasteiger partial charge is 0.349 e. The van der Waals surface area contributed by atoms with Crippen molar-refractivity contribution in [1.82, 2.24) is 0 Å². The van der Waals surface area contributed by atoms with Crippen molar-refractivity contribution in [3.8, 4) is 23.3 Å². The van der Waals surface area contributed by atoms with Gasteiger partial charge in [-0.05, 0) is 69.7 Å². The third-order valence-electron chi connectivity index (χ3n) is 3.48. The number of carbonyl (C=O) groups excluding carboxylic acids is 1. The lowest BCUT2D eigenvalue weighted by atomic mass is 10.1. The molecule has 0 atom stereocenters. The fourth-order valence-electron chi connectivity index (χ4n) is 2.19. The van der Waals surface area contributed by atoms with E-state index in [9.17, 15) is 4.79 Å². The molecule has 0 radical (unpaired) electrons. The van der Waals surface area contributed by atoms with Gasteiger partial charge in [-0.1, -0.05) is 6.07 Å². The Morgan fingerprint density at radius 1 is 1.16 bits per heavy atom. The molecule has 0 amide bonds. The first-order chi connectivity index (χ1) is 11.9. The molecule has 25 heavy (non-hydrogen) atoms. The number of ether oxygens (including phenoxy) is 3. The molecular formula is C20H21NO4. The van der Waals surface area contributed by atoms with Gasteiger partial charge < -0.3 is 14.2 Å². The van der Waals surface area contributed by atoms with Crippen molar-refractivity contribution in [1.29, 1.82) is 5.26 Å². The van der Waals surface area contributed by atoms with E-state index in [-0.39, 0.29) is 0 Å². The Morgan fingerprint density at radius 2 is 1.88 bits per heavy atom. The van der Waals surface area contributed by atoms with Gasteiger partial charge in [0, 0.05) is 0 Å². The molecule has 130 valence electrons. The lowest BCUT2D eigenvalue weighted by molar-refractivity contribution is -0.158. The summed E-state index contributed by atoms with van der Waals surface area (Å²) in [5, 5.41) is 8.94. The monoisotopic (exact) mass is 339 g/mol. The van der Waals surface area contributed by atoms with E-state index >= 15 is 0 Å². The van der Waals surface area contributed by atoms with E-state index in [0.717, 1.165) is 5.56 Å². The molecule has 5 heteroatoms. The van der Waals surface area contributed by atoms with E-state index in [1.807, 2.05) is 13.0 Å². The molecule has 0 aliphatic rings. The molecule has 2 aromatic carbocycles. The van der Waals surface area contributed by atoms with E-state index in [1.54, 1.807) is 57.2 Å². The van der Waals surface area contributed by atoms with Crippen molar-refractivity contribution >= 4 is 5.97 Å². The minimum absolute atomic E-state index is 0.305. The highest BCUT2D eigenvalue weighted by atomic mass is 16.6. The highest BCUT2D eigenvalue weighted by Crippen LogP contribution is 2.30. The van der Waals surface area contributed by atoms with Gasteiger partial charge >= 0.3 is 5.97 Å². The third kappa shape index (κ3) is 4.74. The summed E-state index contributed by atoms with van der Waals surface area (Å²) in [7, 11) is 0. The second-order valence-electron chi connectivity index (χ2n) is 6.00. The first kappa shape index (κ1) is 18.3. The number of hydrogen-bond donors (Lipinski definition) is 0. The summed E-state index contributed by atoms with van der Waals surface area (Å²) in [6.07, 6.45) is 0. The summed E-state index contributed by atoms with van der Waals surface area (Å²) in [5.41, 5.74) is 0.279. The Balaban J connectivity index is 2.15. The molecule has 0 aliphatic carbocycles. The van der Waals surface area contributed by atoms with Gasteiger partial charge in [-0.25, -0.2) is 4.79 Å². The maximum atomic E-state index is 12.0. The van der Waals surface area contributed by atoms with E-state index in [2.05, 4.69) is 6.07 Å². The van der Waals surface area contributed by atoms with Gasteiger partial charge in [-0.2, -0.15) is 5.26 Å². The zero-order valence-electron chi connectivity index (χ0n) is 14.8. The largest absolute Gasteiger partial charge is 0.476 e. The van der Waals surface area contributed by atoms with Crippen LogP contribution in [-0.2, 0) is 9.53 Å². The van der Waals surface area contributed by atoms with Gasteiger partial charge in [0.05, 0.1) is 18.2 Å². The van der Waals surface area contributed by atoms with E-state index in [1.165, 1.54) is 0 Å². The Labute approximate surface area is 147 Å². The van der Waals surface area contributed by atoms with Gasteiger partial charge in [0.2, 0.25) is 0 Å². The summed E-state index contributed by atoms with van der Waals surface area (Å²) in [4.78, 5) is 12.0. The van der Waals surface area contributed by atoms with Crippen LogP contribution < -0.4 is 9.47 Å². The molecule has 0 bridgehead atoms. The van der Waals surface area contributed by atoms with Crippen molar-refractivity contribution < 1.29 is 19.0 Å². The Morgan fingerprint density at radius 3 is 2.52 bits per heavy atom. The van der Waals surface area contributed by atoms with Crippen molar-refractivity contribution in [2.24, 2.45) is 0 Å². The zero-order chi connectivity index (χ0) is 18.4. The highest BCUT2D eigenvalue weighted by molar-refractivity contribution is 5.79. The van der Waals surface area contributed by atoms with E-state index in [0.29, 0.717) is 29.4 Å². The van der Waals surface area contributed by atoms with Crippen LogP contribution in [0.3, 0.4) is 0 Å². The first-order valence-corrected chi connectivity index (χ1v) is 8.00. The standard InChI is InChI=1S/C20H21NO4/c1-5-23-19(22)20(3,4)25-18-10-9-17(11-14(18)2)24-16-8-6-7-15(12-16)13-21/h6-12H,5H2,1-4H3. The van der Waals surface area contributed by atoms with Crippen molar-refractivity contribution in [2.45, 2.75) is 33.3 Å². The van der Waals surface area contributed by atoms with Crippen LogP contribution >= 0.6 is 0 Å². The maximum Gasteiger partial charge on any atom is 0.349 e. The van der Waals surface area contributed by atoms with Crippen LogP contribution in [0.25, 0.3) is 0 Å². The molecule has 0 saturated carbocycles. The number of aryl methyl sites for hydroxylation is 1. The SMILES string of the molecule is CCOC(=O)C(C)(C)Oc1ccc(Oc2cccc(C#N)c2)cc1C. The number of carbonyl (C=O) groups is 1. The van der Waals surface area contributed by atoms with Gasteiger partial charge in [0.25, 0.3) is 0 Å². The molecule has 0 saturated heterocycles. The topological polar surface area (TPSA) is 68.6 Å². The molecule has 0 unspecified atom stereocenters. The maximum absolute atomic E-state index is 12.0. The Kier molecular flexibility index (Phi) is 5.66. The first-order valence-electron chi connectivity index (χ1n) is 8.00. The van der Waals surface area contributed by atoms with E-state index < -0.39 is 11.6 Å². The van der Waals surface area contributed by atoms with Gasteiger partial charge in [0.15, 0.2) is 5.60 Å². The minimum atomic E-state index is -1.08. The molecule has 0 aromatic heterocycles. The molecule has 0 spiro atoms. The minimum Gasteiger partial charge on any atom is -0.476 e. The predicted octanol–water partition coefficient (Wildman–Crippen LogP) is 4.38. The second-order valence-corrected chi connectivity index (χ2v) is 6.00. The van der Waals surface area contributed by atoms with Crippen LogP contribution in [0, 0.1) is 18.3 Å². The highest BCUT2D eigenvalue weighted by Gasteiger charge is 2.32. The molecule has 0 fully saturated rings. The molecule has 2 aromatic rings. The third-order valence-corrected chi connectivity index (χ3v) is 3.48. The zero-order valence-corrected chi connectivity index (χ0v) is 14.8. The quantitative estimate of drug-likeness (QED) is 0.731. The summed E-state index contributed by atoms with van der Waals surface area (Å²) >= 11 is 0. The van der Waals surface area contributed by atoms with Gasteiger partial charge in [-0.3, -0.25) is 0 Å². The summed E-state index contributed by atoms with van der Waals surface area (Å²) in [6, 6.07) is 14.3. The van der Waals surface area contributed by atoms with Gasteiger partial charge in [-0.15, -0.1) is 0 Å². The number of nitriles is 1. The summed E-state index contributed by atoms with van der Waals surface area (Å²) in [5.74, 6) is 1.37. The average Bonchev–Trinajstić information content (AvgIpc) is 2.57. The van der Waals surface area contributed by atoms with Crippen LogP contribution in [0.4, 0.5) is 0 Å². The Hall–Kier alpha value is -3.00. The molecule has 0 heterocycles. The lowest BCUT2D eigenvalue weighted by Gasteiger charge is -2.25. The number of esters is 1. The number of nitrogens with zero attached hydrogens (tertiary/aromatic N) is 1. The molecule has 2 rings (SSSR count). The van der Waals surface area contributed by atoms with Crippen LogP contribution in [0.5, 0.6) is 17.2 Å². The number of hydrogen-bond acceptors (Lipinski definition) is 5. The molecule has 0 N–H and O–H groups in total. The van der Waals surface area contributed by atoms with Crippen LogP contribution in [0.1, 0.15) is 31.9 Å². The summed E-state index contributed by atoms with van der Waals surface area (Å²) < 4.78 is 16.6. The second kappa shape index (κ2) is 7.71. The van der Waals surface area contributed by atoms with Crippen molar-refractivity contribution in [3.63, 3.8) is 0 Å². The molecule has 0 aliphatic heterocycles. The fraction of sp³-hybridized carbons (Fsp3) is 0.300. The molecule has 5 nitrogen and oxygen atoms in total. The fourth-order valence-corrected chi connectivity index (χ4v) is 2.19. The molecular weight excluding hydrogens is 318 g/mol. The number of benzene rings is 2. The average molecular weight is 339 g/mol. The summed E-state index contributed by atoms with van der Waals surface area (Å²) in [6.45, 7) is 7.27. The predicted molar refractivity (Wildman–Crippen MR) is 93.8 cm³/mol. The van der Waals surface area contributed by atoms with Crippen LogP contribution in [0.15, 0.2) is 42.5 Å². The van der Waals surface area contributed by atoms with Gasteiger partial charge in [0.1, 0.15) is 17.2 Å².